The van der Waals surface area contributed by atoms with Gasteiger partial charge >= 0.3 is 11.9 Å². The van der Waals surface area contributed by atoms with Gasteiger partial charge in [-0.25, -0.2) is 9.59 Å². The lowest BCUT2D eigenvalue weighted by Crippen LogP contribution is -2.24. The van der Waals surface area contributed by atoms with Crippen LogP contribution in [0.2, 0.25) is 0 Å². The lowest BCUT2D eigenvalue weighted by atomic mass is 9.90. The molecule has 4 bridgehead atoms. The lowest BCUT2D eigenvalue weighted by Gasteiger charge is -2.16. The van der Waals surface area contributed by atoms with Crippen molar-refractivity contribution in [1.82, 2.24) is 0 Å². The summed E-state index contributed by atoms with van der Waals surface area (Å²) in [4.78, 5) is 36.1. The average molecular weight is 278 g/mol. The van der Waals surface area contributed by atoms with E-state index in [1.807, 2.05) is 0 Å². The molecule has 4 atom stereocenters. The van der Waals surface area contributed by atoms with E-state index in [0.717, 1.165) is 18.4 Å². The molecule has 4 aliphatic carbocycles. The van der Waals surface area contributed by atoms with Gasteiger partial charge < -0.3 is 9.47 Å². The second-order valence-corrected chi connectivity index (χ2v) is 5.57. The molecule has 108 valence electrons. The minimum atomic E-state index is -0.605. The molecule has 5 nitrogen and oxygen atoms in total. The smallest absolute Gasteiger partial charge is 0.345 e. The molecule has 0 aromatic rings. The molecule has 4 saturated carbocycles. The van der Waals surface area contributed by atoms with Crippen molar-refractivity contribution in [3.05, 3.63) is 11.1 Å². The molecular weight excluding hydrogens is 260 g/mol. The molecular formula is C15H18O5. The molecule has 0 aliphatic heterocycles. The van der Waals surface area contributed by atoms with Crippen molar-refractivity contribution in [3.8, 4) is 0 Å². The highest BCUT2D eigenvalue weighted by Crippen LogP contribution is 2.64. The average Bonchev–Trinajstić information content (AvgIpc) is 3.09. The van der Waals surface area contributed by atoms with Gasteiger partial charge in [-0.05, 0) is 44.1 Å². The fraction of sp³-hybridized carbons (Fsp3) is 0.667. The summed E-state index contributed by atoms with van der Waals surface area (Å²) in [6, 6.07) is 0. The van der Waals surface area contributed by atoms with E-state index < -0.39 is 11.9 Å². The van der Waals surface area contributed by atoms with Crippen LogP contribution >= 0.6 is 0 Å². The van der Waals surface area contributed by atoms with Gasteiger partial charge in [-0.2, -0.15) is 0 Å². The van der Waals surface area contributed by atoms with E-state index in [1.165, 1.54) is 0 Å². The first kappa shape index (κ1) is 13.3. The van der Waals surface area contributed by atoms with Crippen molar-refractivity contribution in [1.29, 1.82) is 0 Å². The number of ketones is 1. The number of Topliss-reactive ketones (excluding diaryl/α,β-unsaturated/α-hetero) is 1. The Hall–Kier alpha value is -1.65. The molecule has 0 spiro atoms. The first-order chi connectivity index (χ1) is 9.60. The first-order valence-electron chi connectivity index (χ1n) is 7.22. The third kappa shape index (κ3) is 1.65. The topological polar surface area (TPSA) is 69.7 Å². The van der Waals surface area contributed by atoms with Gasteiger partial charge in [0.15, 0.2) is 0 Å². The van der Waals surface area contributed by atoms with Gasteiger partial charge in [-0.1, -0.05) is 0 Å². The molecule has 0 N–H and O–H groups in total. The maximum Gasteiger partial charge on any atom is 0.345 e. The SMILES string of the molecule is CCOC(=O)C(C(=O)OCC)=C1C2CC3C(=O)C2CC13. The molecule has 0 heterocycles. The molecule has 4 aliphatic rings. The first-order valence-corrected chi connectivity index (χ1v) is 7.22. The number of hydrogen-bond donors (Lipinski definition) is 0. The minimum Gasteiger partial charge on any atom is -0.462 e. The molecule has 0 aromatic carbocycles. The van der Waals surface area contributed by atoms with Crippen molar-refractivity contribution in [2.24, 2.45) is 23.7 Å². The summed E-state index contributed by atoms with van der Waals surface area (Å²) in [7, 11) is 0. The molecule has 4 unspecified atom stereocenters. The highest BCUT2D eigenvalue weighted by molar-refractivity contribution is 6.15. The van der Waals surface area contributed by atoms with Crippen LogP contribution in [-0.2, 0) is 23.9 Å². The van der Waals surface area contributed by atoms with E-state index in [-0.39, 0.29) is 42.5 Å². The number of allylic oxidation sites excluding steroid dienone is 1. The summed E-state index contributed by atoms with van der Waals surface area (Å²) in [5.74, 6) is -0.755. The minimum absolute atomic E-state index is 0.0128. The third-order valence-corrected chi connectivity index (χ3v) is 4.76. The Balaban J connectivity index is 1.99. The normalized spacial score (nSPS) is 32.9. The predicted molar refractivity (Wildman–Crippen MR) is 68.5 cm³/mol. The second-order valence-electron chi connectivity index (χ2n) is 5.57. The number of ether oxygens (including phenoxy) is 2. The summed E-state index contributed by atoms with van der Waals surface area (Å²) in [5.41, 5.74) is 0.887. The van der Waals surface area contributed by atoms with Gasteiger partial charge in [0.05, 0.1) is 13.2 Å². The number of rotatable bonds is 4. The summed E-state index contributed by atoms with van der Waals surface area (Å²) in [6.45, 7) is 3.84. The van der Waals surface area contributed by atoms with E-state index in [9.17, 15) is 14.4 Å². The van der Waals surface area contributed by atoms with Crippen LogP contribution in [0.25, 0.3) is 0 Å². The Labute approximate surface area is 117 Å². The van der Waals surface area contributed by atoms with Gasteiger partial charge in [0.1, 0.15) is 11.4 Å². The van der Waals surface area contributed by atoms with Crippen molar-refractivity contribution in [2.45, 2.75) is 26.7 Å². The van der Waals surface area contributed by atoms with Crippen LogP contribution in [-0.4, -0.2) is 30.9 Å². The van der Waals surface area contributed by atoms with Crippen LogP contribution in [0.15, 0.2) is 11.1 Å². The lowest BCUT2D eigenvalue weighted by molar-refractivity contribution is -0.147. The predicted octanol–water partition coefficient (Wildman–Crippen LogP) is 1.26. The number of esters is 2. The van der Waals surface area contributed by atoms with Crippen molar-refractivity contribution < 1.29 is 23.9 Å². The van der Waals surface area contributed by atoms with Gasteiger partial charge in [0.25, 0.3) is 0 Å². The molecule has 20 heavy (non-hydrogen) atoms. The fourth-order valence-corrected chi connectivity index (χ4v) is 4.17. The Kier molecular flexibility index (Phi) is 3.15. The van der Waals surface area contributed by atoms with Gasteiger partial charge in [-0.3, -0.25) is 4.79 Å². The van der Waals surface area contributed by atoms with E-state index in [0.29, 0.717) is 5.78 Å². The third-order valence-electron chi connectivity index (χ3n) is 4.76. The maximum absolute atomic E-state index is 12.1. The van der Waals surface area contributed by atoms with Crippen LogP contribution < -0.4 is 0 Å². The molecule has 0 saturated heterocycles. The molecule has 4 fully saturated rings. The second kappa shape index (κ2) is 4.72. The number of carbonyl (C=O) groups excluding carboxylic acids is 3. The zero-order chi connectivity index (χ0) is 14.4. The highest BCUT2D eigenvalue weighted by Gasteiger charge is 2.64. The van der Waals surface area contributed by atoms with E-state index in [1.54, 1.807) is 13.8 Å². The Morgan fingerprint density at radius 2 is 1.40 bits per heavy atom. The maximum atomic E-state index is 12.1. The Bertz CT molecular complexity index is 476. The van der Waals surface area contributed by atoms with E-state index in [4.69, 9.17) is 9.47 Å². The summed E-state index contributed by atoms with van der Waals surface area (Å²) in [5, 5.41) is 0. The molecule has 0 radical (unpaired) electrons. The summed E-state index contributed by atoms with van der Waals surface area (Å²) in [6.07, 6.45) is 1.57. The molecule has 0 aromatic heterocycles. The van der Waals surface area contributed by atoms with Crippen LogP contribution in [0.1, 0.15) is 26.7 Å². The quantitative estimate of drug-likeness (QED) is 0.335. The molecule has 5 heteroatoms. The Morgan fingerprint density at radius 3 is 1.75 bits per heavy atom. The van der Waals surface area contributed by atoms with Crippen molar-refractivity contribution >= 4 is 17.7 Å². The van der Waals surface area contributed by atoms with Gasteiger partial charge in [-0.15, -0.1) is 0 Å². The number of carbonyl (C=O) groups is 3. The number of hydrogen-bond acceptors (Lipinski definition) is 5. The zero-order valence-corrected chi connectivity index (χ0v) is 11.7. The standard InChI is InChI=1S/C15H18O5/c1-3-19-14(17)12(15(18)20-4-2)11-7-5-9-8(11)6-10(7)13(9)16/h7-10H,3-6H2,1-2H3. The summed E-state index contributed by atoms with van der Waals surface area (Å²) < 4.78 is 10.0. The zero-order valence-electron chi connectivity index (χ0n) is 11.7. The Morgan fingerprint density at radius 1 is 0.950 bits per heavy atom. The van der Waals surface area contributed by atoms with Crippen LogP contribution in [0, 0.1) is 23.7 Å². The summed E-state index contributed by atoms with van der Waals surface area (Å²) >= 11 is 0. The van der Waals surface area contributed by atoms with E-state index in [2.05, 4.69) is 0 Å². The molecule has 0 amide bonds. The highest BCUT2D eigenvalue weighted by atomic mass is 16.6. The van der Waals surface area contributed by atoms with Gasteiger partial charge in [0.2, 0.25) is 0 Å². The van der Waals surface area contributed by atoms with Crippen LogP contribution in [0.4, 0.5) is 0 Å². The van der Waals surface area contributed by atoms with Crippen LogP contribution in [0.5, 0.6) is 0 Å². The van der Waals surface area contributed by atoms with Gasteiger partial charge in [0, 0.05) is 11.8 Å². The largest absolute Gasteiger partial charge is 0.462 e. The monoisotopic (exact) mass is 278 g/mol. The molecule has 4 rings (SSSR count). The van der Waals surface area contributed by atoms with Crippen molar-refractivity contribution in [3.63, 3.8) is 0 Å². The van der Waals surface area contributed by atoms with Crippen LogP contribution in [0.3, 0.4) is 0 Å². The van der Waals surface area contributed by atoms with Crippen molar-refractivity contribution in [2.75, 3.05) is 13.2 Å². The fourth-order valence-electron chi connectivity index (χ4n) is 4.17. The van der Waals surface area contributed by atoms with E-state index >= 15 is 0 Å².